The summed E-state index contributed by atoms with van der Waals surface area (Å²) in [6.07, 6.45) is 1.51. The lowest BCUT2D eigenvalue weighted by Gasteiger charge is -2.38. The van der Waals surface area contributed by atoms with Crippen LogP contribution < -0.4 is 11.3 Å². The molecule has 19 heavy (non-hydrogen) atoms. The Hall–Kier alpha value is -1.69. The minimum atomic E-state index is -0.268. The van der Waals surface area contributed by atoms with Crippen LogP contribution in [0.5, 0.6) is 0 Å². The van der Waals surface area contributed by atoms with Crippen molar-refractivity contribution in [2.24, 2.45) is 11.1 Å². The number of aromatic amines is 1. The van der Waals surface area contributed by atoms with Gasteiger partial charge in [-0.05, 0) is 18.9 Å². The minimum absolute atomic E-state index is 0.150. The van der Waals surface area contributed by atoms with Crippen LogP contribution in [0.15, 0.2) is 23.0 Å². The van der Waals surface area contributed by atoms with Crippen molar-refractivity contribution >= 4 is 23.1 Å². The van der Waals surface area contributed by atoms with E-state index in [4.69, 9.17) is 18.0 Å². The zero-order valence-corrected chi connectivity index (χ0v) is 11.6. The molecular weight excluding hydrogens is 262 g/mol. The lowest BCUT2D eigenvalue weighted by atomic mass is 9.80. The molecule has 2 heterocycles. The lowest BCUT2D eigenvalue weighted by Crippen LogP contribution is -2.47. The van der Waals surface area contributed by atoms with E-state index in [-0.39, 0.29) is 16.9 Å². The first-order valence-electron chi connectivity index (χ1n) is 6.21. The Bertz CT molecular complexity index is 559. The number of carbonyl (C=O) groups is 1. The van der Waals surface area contributed by atoms with Gasteiger partial charge in [0, 0.05) is 24.6 Å². The number of carbonyl (C=O) groups excluding carboxylic acids is 1. The van der Waals surface area contributed by atoms with Gasteiger partial charge in [0.2, 0.25) is 5.56 Å². The molecular formula is C13H17N3O2S. The number of rotatable bonds is 2. The number of nitrogens with zero attached hydrogens (tertiary/aromatic N) is 1. The van der Waals surface area contributed by atoms with E-state index in [1.807, 2.05) is 6.92 Å². The number of likely N-dealkylation sites (tertiary alicyclic amines) is 1. The van der Waals surface area contributed by atoms with E-state index in [0.29, 0.717) is 23.8 Å². The smallest absolute Gasteiger partial charge is 0.270 e. The third-order valence-electron chi connectivity index (χ3n) is 3.75. The molecule has 1 amide bonds. The van der Waals surface area contributed by atoms with Crippen molar-refractivity contribution < 1.29 is 4.79 Å². The maximum Gasteiger partial charge on any atom is 0.270 e. The molecule has 2 rings (SSSR count). The van der Waals surface area contributed by atoms with Gasteiger partial charge >= 0.3 is 0 Å². The fourth-order valence-electron chi connectivity index (χ4n) is 2.19. The molecule has 1 aromatic rings. The van der Waals surface area contributed by atoms with E-state index < -0.39 is 0 Å². The molecule has 1 aliphatic heterocycles. The van der Waals surface area contributed by atoms with E-state index in [9.17, 15) is 9.59 Å². The van der Waals surface area contributed by atoms with Gasteiger partial charge in [0.1, 0.15) is 5.69 Å². The molecule has 0 aliphatic carbocycles. The average molecular weight is 279 g/mol. The summed E-state index contributed by atoms with van der Waals surface area (Å²) in [5, 5.41) is 0. The number of H-pyrrole nitrogens is 1. The molecule has 1 aromatic heterocycles. The molecule has 0 saturated carbocycles. The van der Waals surface area contributed by atoms with Crippen LogP contribution in [0.4, 0.5) is 0 Å². The van der Waals surface area contributed by atoms with Crippen LogP contribution in [0.3, 0.4) is 0 Å². The molecule has 0 bridgehead atoms. The second-order valence-electron chi connectivity index (χ2n) is 5.15. The molecule has 102 valence electrons. The lowest BCUT2D eigenvalue weighted by molar-refractivity contribution is 0.0664. The number of piperidine rings is 1. The van der Waals surface area contributed by atoms with Crippen molar-refractivity contribution in [1.82, 2.24) is 9.88 Å². The van der Waals surface area contributed by atoms with Gasteiger partial charge in [0.25, 0.3) is 5.91 Å². The van der Waals surface area contributed by atoms with Crippen LogP contribution in [0.2, 0.25) is 0 Å². The van der Waals surface area contributed by atoms with Crippen LogP contribution in [0.25, 0.3) is 0 Å². The number of thiocarbonyl (C=S) groups is 1. The monoisotopic (exact) mass is 279 g/mol. The Morgan fingerprint density at radius 1 is 1.42 bits per heavy atom. The van der Waals surface area contributed by atoms with Gasteiger partial charge in [-0.15, -0.1) is 0 Å². The van der Waals surface area contributed by atoms with E-state index in [1.54, 1.807) is 17.0 Å². The third kappa shape index (κ3) is 2.84. The molecule has 5 nitrogen and oxygen atoms in total. The zero-order valence-electron chi connectivity index (χ0n) is 10.8. The second kappa shape index (κ2) is 5.13. The van der Waals surface area contributed by atoms with Crippen molar-refractivity contribution in [1.29, 1.82) is 0 Å². The highest BCUT2D eigenvalue weighted by molar-refractivity contribution is 7.80. The second-order valence-corrected chi connectivity index (χ2v) is 5.59. The maximum absolute atomic E-state index is 12.2. The molecule has 6 heteroatoms. The number of hydrogen-bond acceptors (Lipinski definition) is 3. The number of nitrogens with one attached hydrogen (secondary N) is 1. The summed E-state index contributed by atoms with van der Waals surface area (Å²) in [6, 6.07) is 4.58. The van der Waals surface area contributed by atoms with Crippen LogP contribution >= 0.6 is 12.2 Å². The SMILES string of the molecule is CC1(C(N)=S)CCN(C(=O)c2cccc(=O)[nH]2)CC1. The Morgan fingerprint density at radius 3 is 2.58 bits per heavy atom. The Labute approximate surface area is 116 Å². The van der Waals surface area contributed by atoms with Crippen molar-refractivity contribution in [2.75, 3.05) is 13.1 Å². The summed E-state index contributed by atoms with van der Waals surface area (Å²) in [7, 11) is 0. The van der Waals surface area contributed by atoms with E-state index in [2.05, 4.69) is 4.98 Å². The first kappa shape index (κ1) is 13.7. The van der Waals surface area contributed by atoms with Crippen molar-refractivity contribution in [3.63, 3.8) is 0 Å². The van der Waals surface area contributed by atoms with Crippen molar-refractivity contribution in [2.45, 2.75) is 19.8 Å². The predicted octanol–water partition coefficient (Wildman–Crippen LogP) is 0.903. The van der Waals surface area contributed by atoms with Gasteiger partial charge in [0.15, 0.2) is 0 Å². The van der Waals surface area contributed by atoms with Crippen LogP contribution in [0.1, 0.15) is 30.3 Å². The van der Waals surface area contributed by atoms with E-state index in [1.165, 1.54) is 6.07 Å². The summed E-state index contributed by atoms with van der Waals surface area (Å²) in [5.74, 6) is -0.150. The van der Waals surface area contributed by atoms with Gasteiger partial charge in [-0.3, -0.25) is 9.59 Å². The summed E-state index contributed by atoms with van der Waals surface area (Å²) >= 11 is 5.07. The predicted molar refractivity (Wildman–Crippen MR) is 77.1 cm³/mol. The number of nitrogens with two attached hydrogens (primary N) is 1. The number of aromatic nitrogens is 1. The summed E-state index contributed by atoms with van der Waals surface area (Å²) < 4.78 is 0. The Morgan fingerprint density at radius 2 is 2.05 bits per heavy atom. The zero-order chi connectivity index (χ0) is 14.0. The average Bonchev–Trinajstić information content (AvgIpc) is 2.38. The molecule has 1 saturated heterocycles. The molecule has 0 unspecified atom stereocenters. The number of amides is 1. The van der Waals surface area contributed by atoms with Crippen LogP contribution in [-0.2, 0) is 0 Å². The highest BCUT2D eigenvalue weighted by Crippen LogP contribution is 2.31. The topological polar surface area (TPSA) is 79.2 Å². The van der Waals surface area contributed by atoms with Gasteiger partial charge < -0.3 is 15.6 Å². The molecule has 1 aliphatic rings. The van der Waals surface area contributed by atoms with E-state index >= 15 is 0 Å². The molecule has 1 fully saturated rings. The van der Waals surface area contributed by atoms with Crippen molar-refractivity contribution in [3.8, 4) is 0 Å². The standard InChI is InChI=1S/C13H17N3O2S/c1-13(12(14)19)5-7-16(8-6-13)11(18)9-3-2-4-10(17)15-9/h2-4H,5-8H2,1H3,(H2,14,19)(H,15,17). The summed E-state index contributed by atoms with van der Waals surface area (Å²) in [4.78, 5) is 28.2. The van der Waals surface area contributed by atoms with Gasteiger partial charge in [-0.2, -0.15) is 0 Å². The fourth-order valence-corrected chi connectivity index (χ4v) is 2.40. The Balaban J connectivity index is 2.08. The Kier molecular flexibility index (Phi) is 3.71. The van der Waals surface area contributed by atoms with E-state index in [0.717, 1.165) is 12.8 Å². The molecule has 3 N–H and O–H groups in total. The van der Waals surface area contributed by atoms with Crippen molar-refractivity contribution in [3.05, 3.63) is 34.2 Å². The minimum Gasteiger partial charge on any atom is -0.393 e. The summed E-state index contributed by atoms with van der Waals surface area (Å²) in [5.41, 5.74) is 5.62. The highest BCUT2D eigenvalue weighted by Gasteiger charge is 2.34. The molecule has 0 spiro atoms. The molecule has 0 atom stereocenters. The molecule has 0 radical (unpaired) electrons. The maximum atomic E-state index is 12.2. The molecule has 0 aromatic carbocycles. The quantitative estimate of drug-likeness (QED) is 0.788. The first-order chi connectivity index (χ1) is 8.92. The fraction of sp³-hybridized carbons (Fsp3) is 0.462. The summed E-state index contributed by atoms with van der Waals surface area (Å²) in [6.45, 7) is 3.23. The largest absolute Gasteiger partial charge is 0.393 e. The van der Waals surface area contributed by atoms with Gasteiger partial charge in [-0.25, -0.2) is 0 Å². The van der Waals surface area contributed by atoms with Gasteiger partial charge in [-0.1, -0.05) is 25.2 Å². The van der Waals surface area contributed by atoms with Crippen LogP contribution in [0, 0.1) is 5.41 Å². The number of pyridine rings is 1. The highest BCUT2D eigenvalue weighted by atomic mass is 32.1. The normalized spacial score (nSPS) is 18.1. The van der Waals surface area contributed by atoms with Crippen LogP contribution in [-0.4, -0.2) is 33.9 Å². The third-order valence-corrected chi connectivity index (χ3v) is 4.24. The number of hydrogen-bond donors (Lipinski definition) is 2. The van der Waals surface area contributed by atoms with Gasteiger partial charge in [0.05, 0.1) is 4.99 Å². The first-order valence-corrected chi connectivity index (χ1v) is 6.62.